The number of hydrogen-bond donors (Lipinski definition) is 1. The van der Waals surface area contributed by atoms with Crippen molar-refractivity contribution in [3.63, 3.8) is 0 Å². The molecule has 2 aromatic carbocycles. The summed E-state index contributed by atoms with van der Waals surface area (Å²) in [5.41, 5.74) is 2.31. The van der Waals surface area contributed by atoms with Gasteiger partial charge in [-0.1, -0.05) is 47.7 Å². The van der Waals surface area contributed by atoms with Gasteiger partial charge in [-0.15, -0.1) is 10.2 Å². The number of benzene rings is 2. The first-order valence-corrected chi connectivity index (χ1v) is 11.3. The number of tetrazole rings is 1. The molecule has 10 heteroatoms. The maximum absolute atomic E-state index is 14.0. The van der Waals surface area contributed by atoms with Crippen LogP contribution in [-0.2, 0) is 34.3 Å². The molecule has 9 nitrogen and oxygen atoms in total. The van der Waals surface area contributed by atoms with Crippen LogP contribution in [0.3, 0.4) is 0 Å². The quantitative estimate of drug-likeness (QED) is 0.521. The van der Waals surface area contributed by atoms with Crippen molar-refractivity contribution >= 4 is 20.9 Å². The van der Waals surface area contributed by atoms with Gasteiger partial charge in [-0.25, -0.2) is 8.42 Å². The summed E-state index contributed by atoms with van der Waals surface area (Å²) in [7, 11) is -3.92. The van der Waals surface area contributed by atoms with Crippen molar-refractivity contribution in [1.82, 2.24) is 29.9 Å². The Morgan fingerprint density at radius 2 is 1.90 bits per heavy atom. The zero-order valence-electron chi connectivity index (χ0n) is 16.5. The Kier molecular flexibility index (Phi) is 5.18. The van der Waals surface area contributed by atoms with E-state index in [1.54, 1.807) is 24.4 Å². The van der Waals surface area contributed by atoms with Gasteiger partial charge >= 0.3 is 0 Å². The highest BCUT2D eigenvalue weighted by Gasteiger charge is 2.35. The van der Waals surface area contributed by atoms with Gasteiger partial charge < -0.3 is 4.74 Å². The number of para-hydroxylation sites is 1. The first kappa shape index (κ1) is 19.7. The van der Waals surface area contributed by atoms with Gasteiger partial charge in [0.15, 0.2) is 5.82 Å². The highest BCUT2D eigenvalue weighted by atomic mass is 32.2. The molecule has 0 saturated carbocycles. The van der Waals surface area contributed by atoms with Gasteiger partial charge in [0.1, 0.15) is 4.90 Å². The monoisotopic (exact) mass is 436 g/mol. The van der Waals surface area contributed by atoms with Crippen molar-refractivity contribution in [3.8, 4) is 0 Å². The largest absolute Gasteiger partial charge is 0.375 e. The summed E-state index contributed by atoms with van der Waals surface area (Å²) in [4.78, 5) is 4.52. The van der Waals surface area contributed by atoms with Gasteiger partial charge in [0.2, 0.25) is 10.0 Å². The van der Waals surface area contributed by atoms with E-state index in [9.17, 15) is 8.42 Å². The number of nitrogens with one attached hydrogen (secondary N) is 1. The standard InChI is InChI=1S/C21H20N6O3S/c28-31(29,19-9-3-7-15-8-4-10-22-21(15)19)27-12-16-5-1-2-6-17(16)13-30-14-18(27)11-20-23-25-26-24-20/h1-10,18H,11-14H2,(H,23,24,25,26)/t18-/m1/s1. The predicted molar refractivity (Wildman–Crippen MR) is 112 cm³/mol. The molecule has 5 rings (SSSR count). The SMILES string of the molecule is O=S(=O)(c1cccc2cccnc12)N1Cc2ccccc2COC[C@H]1Cc1nn[nH]n1. The number of H-pyrrole nitrogens is 1. The Labute approximate surface area is 179 Å². The van der Waals surface area contributed by atoms with Crippen LogP contribution in [0.1, 0.15) is 17.0 Å². The summed E-state index contributed by atoms with van der Waals surface area (Å²) in [5, 5.41) is 14.8. The number of pyridine rings is 1. The van der Waals surface area contributed by atoms with Gasteiger partial charge in [0, 0.05) is 24.5 Å². The number of sulfonamides is 1. The third-order valence-electron chi connectivity index (χ3n) is 5.41. The lowest BCUT2D eigenvalue weighted by atomic mass is 10.1. The first-order chi connectivity index (χ1) is 15.1. The topological polar surface area (TPSA) is 114 Å². The van der Waals surface area contributed by atoms with Crippen LogP contribution in [0, 0.1) is 0 Å². The third kappa shape index (κ3) is 3.80. The second-order valence-electron chi connectivity index (χ2n) is 7.35. The number of nitrogens with zero attached hydrogens (tertiary/aromatic N) is 5. The summed E-state index contributed by atoms with van der Waals surface area (Å²) < 4.78 is 35.3. The Morgan fingerprint density at radius 1 is 1.06 bits per heavy atom. The fourth-order valence-electron chi connectivity index (χ4n) is 3.87. The minimum atomic E-state index is -3.92. The van der Waals surface area contributed by atoms with Gasteiger partial charge in [-0.2, -0.15) is 9.52 Å². The average Bonchev–Trinajstić information content (AvgIpc) is 3.29. The van der Waals surface area contributed by atoms with Crippen molar-refractivity contribution in [2.75, 3.05) is 6.61 Å². The highest BCUT2D eigenvalue weighted by molar-refractivity contribution is 7.89. The fourth-order valence-corrected chi connectivity index (χ4v) is 5.63. The second-order valence-corrected chi connectivity index (χ2v) is 9.21. The van der Waals surface area contributed by atoms with Crippen molar-refractivity contribution < 1.29 is 13.2 Å². The minimum absolute atomic E-state index is 0.168. The molecule has 0 saturated heterocycles. The van der Waals surface area contributed by atoms with Crippen molar-refractivity contribution in [3.05, 3.63) is 77.7 Å². The molecule has 158 valence electrons. The van der Waals surface area contributed by atoms with Crippen LogP contribution in [-0.4, -0.2) is 51.0 Å². The lowest BCUT2D eigenvalue weighted by molar-refractivity contribution is 0.0667. The third-order valence-corrected chi connectivity index (χ3v) is 7.34. The normalized spacial score (nSPS) is 17.7. The van der Waals surface area contributed by atoms with Gasteiger partial charge in [0.25, 0.3) is 0 Å². The molecule has 1 aliphatic rings. The number of ether oxygens (including phenoxy) is 1. The lowest BCUT2D eigenvalue weighted by Gasteiger charge is -2.33. The summed E-state index contributed by atoms with van der Waals surface area (Å²) in [5.74, 6) is 0.429. The van der Waals surface area contributed by atoms with Crippen LogP contribution in [0.4, 0.5) is 0 Å². The molecule has 0 amide bonds. The zero-order chi connectivity index (χ0) is 21.3. The summed E-state index contributed by atoms with van der Waals surface area (Å²) in [6.07, 6.45) is 1.88. The fraction of sp³-hybridized carbons (Fsp3) is 0.238. The molecule has 4 aromatic rings. The maximum Gasteiger partial charge on any atom is 0.245 e. The maximum atomic E-state index is 14.0. The Balaban J connectivity index is 1.63. The van der Waals surface area contributed by atoms with Crippen LogP contribution >= 0.6 is 0 Å². The predicted octanol–water partition coefficient (Wildman–Crippen LogP) is 2.08. The van der Waals surface area contributed by atoms with Crippen LogP contribution in [0.2, 0.25) is 0 Å². The molecule has 3 heterocycles. The number of rotatable bonds is 4. The molecule has 0 fully saturated rings. The molecule has 2 aromatic heterocycles. The van der Waals surface area contributed by atoms with Crippen molar-refractivity contribution in [2.45, 2.75) is 30.5 Å². The Bertz CT molecular complexity index is 1300. The summed E-state index contributed by atoms with van der Waals surface area (Å²) in [6, 6.07) is 16.0. The first-order valence-electron chi connectivity index (χ1n) is 9.85. The van der Waals surface area contributed by atoms with Crippen LogP contribution < -0.4 is 0 Å². The van der Waals surface area contributed by atoms with Crippen LogP contribution in [0.15, 0.2) is 65.7 Å². The van der Waals surface area contributed by atoms with Crippen LogP contribution in [0.25, 0.3) is 10.9 Å². The molecule has 0 radical (unpaired) electrons. The zero-order valence-corrected chi connectivity index (χ0v) is 17.4. The molecular weight excluding hydrogens is 416 g/mol. The molecule has 0 aliphatic carbocycles. The van der Waals surface area contributed by atoms with E-state index in [2.05, 4.69) is 25.6 Å². The smallest absolute Gasteiger partial charge is 0.245 e. The molecule has 0 spiro atoms. The molecule has 31 heavy (non-hydrogen) atoms. The number of aromatic amines is 1. The molecule has 0 bridgehead atoms. The van der Waals surface area contributed by atoms with E-state index < -0.39 is 16.1 Å². The van der Waals surface area contributed by atoms with E-state index in [1.807, 2.05) is 36.4 Å². The number of hydrogen-bond acceptors (Lipinski definition) is 7. The lowest BCUT2D eigenvalue weighted by Crippen LogP contribution is -2.45. The Morgan fingerprint density at radius 3 is 2.74 bits per heavy atom. The molecule has 0 unspecified atom stereocenters. The van der Waals surface area contributed by atoms with Gasteiger partial charge in [-0.05, 0) is 23.3 Å². The van der Waals surface area contributed by atoms with Crippen LogP contribution in [0.5, 0.6) is 0 Å². The van der Waals surface area contributed by atoms with E-state index in [4.69, 9.17) is 4.74 Å². The molecule has 1 atom stereocenters. The number of fused-ring (bicyclic) bond motifs is 2. The Hall–Kier alpha value is -3.21. The van der Waals surface area contributed by atoms with E-state index >= 15 is 0 Å². The highest BCUT2D eigenvalue weighted by Crippen LogP contribution is 2.29. The summed E-state index contributed by atoms with van der Waals surface area (Å²) >= 11 is 0. The minimum Gasteiger partial charge on any atom is -0.375 e. The van der Waals surface area contributed by atoms with Gasteiger partial charge in [0.05, 0.1) is 24.8 Å². The second kappa shape index (κ2) is 8.14. The van der Waals surface area contributed by atoms with Crippen molar-refractivity contribution in [2.24, 2.45) is 0 Å². The average molecular weight is 436 g/mol. The van der Waals surface area contributed by atoms with Gasteiger partial charge in [-0.3, -0.25) is 4.98 Å². The van der Waals surface area contributed by atoms with E-state index in [0.717, 1.165) is 16.5 Å². The van der Waals surface area contributed by atoms with Crippen molar-refractivity contribution in [1.29, 1.82) is 0 Å². The van der Waals surface area contributed by atoms with E-state index in [-0.39, 0.29) is 24.5 Å². The molecule has 1 N–H and O–H groups in total. The van der Waals surface area contributed by atoms with E-state index in [1.165, 1.54) is 4.31 Å². The van der Waals surface area contributed by atoms with E-state index in [0.29, 0.717) is 17.9 Å². The summed E-state index contributed by atoms with van der Waals surface area (Å²) in [6.45, 7) is 0.844. The molecule has 1 aliphatic heterocycles. The molecular formula is C21H20N6O3S. The number of aromatic nitrogens is 5.